The molecule has 0 aliphatic carbocycles. The number of amides is 1. The van der Waals surface area contributed by atoms with Crippen molar-refractivity contribution < 1.29 is 89.4 Å². The van der Waals surface area contributed by atoms with Crippen LogP contribution in [0, 0.1) is 0 Å². The van der Waals surface area contributed by atoms with Gasteiger partial charge in [-0.1, -0.05) is 110 Å². The Morgan fingerprint density at radius 2 is 0.934 bits per heavy atom. The fourth-order valence-electron chi connectivity index (χ4n) is 8.02. The lowest BCUT2D eigenvalue weighted by Crippen LogP contribution is -2.66. The molecule has 3 aliphatic rings. The van der Waals surface area contributed by atoms with Crippen LogP contribution in [0.4, 0.5) is 0 Å². The molecule has 17 unspecified atom stereocenters. The molecule has 3 rings (SSSR count). The number of hydrogen-bond donors (Lipinski definition) is 12. The van der Waals surface area contributed by atoms with Crippen LogP contribution in [0.15, 0.2) is 0 Å². The summed E-state index contributed by atoms with van der Waals surface area (Å²) >= 11 is 0. The quantitative estimate of drug-likeness (QED) is 0.0399. The van der Waals surface area contributed by atoms with E-state index in [4.69, 9.17) is 28.4 Å². The number of rotatable bonds is 30. The molecule has 12 N–H and O–H groups in total. The number of nitrogens with one attached hydrogen (secondary N) is 1. The molecule has 61 heavy (non-hydrogen) atoms. The van der Waals surface area contributed by atoms with Gasteiger partial charge in [0.05, 0.1) is 38.6 Å². The Morgan fingerprint density at radius 3 is 1.43 bits per heavy atom. The molecule has 0 aromatic rings. The molecule has 0 saturated carbocycles. The third-order valence-electron chi connectivity index (χ3n) is 11.9. The Balaban J connectivity index is 1.59. The topological polar surface area (TPSA) is 307 Å². The van der Waals surface area contributed by atoms with Crippen LogP contribution in [0.25, 0.3) is 0 Å². The van der Waals surface area contributed by atoms with Crippen molar-refractivity contribution in [2.24, 2.45) is 0 Å². The van der Waals surface area contributed by atoms with Crippen molar-refractivity contribution in [3.8, 4) is 0 Å². The minimum atomic E-state index is -1.96. The Kier molecular flexibility index (Phi) is 26.0. The molecule has 0 radical (unpaired) electrons. The zero-order valence-electron chi connectivity index (χ0n) is 36.1. The standard InChI is InChI=1S/C42H79NO18/c1-3-5-7-9-11-12-13-14-15-17-19-26(47)25(43-30(48)20-18-16-10-8-6-4-2)24-56-40-36(54)33(51)38(28(22-45)58-40)61-42-37(55)34(52)39(29(23-46)59-42)60-41-35(53)32(50)31(49)27(21-44)57-41/h25-29,31-42,44-47,49-55H,3-24H2,1-2H3,(H,43,48). The molecule has 0 aromatic heterocycles. The lowest BCUT2D eigenvalue weighted by Gasteiger charge is -2.48. The van der Waals surface area contributed by atoms with E-state index in [9.17, 15) is 61.0 Å². The van der Waals surface area contributed by atoms with Crippen molar-refractivity contribution in [3.63, 3.8) is 0 Å². The first-order valence-electron chi connectivity index (χ1n) is 22.8. The van der Waals surface area contributed by atoms with Crippen molar-refractivity contribution in [2.75, 3.05) is 26.4 Å². The van der Waals surface area contributed by atoms with Gasteiger partial charge < -0.3 is 89.9 Å². The molecule has 3 aliphatic heterocycles. The van der Waals surface area contributed by atoms with Crippen LogP contribution < -0.4 is 5.32 Å². The first kappa shape index (κ1) is 54.1. The second-order valence-electron chi connectivity index (χ2n) is 16.9. The van der Waals surface area contributed by atoms with Crippen molar-refractivity contribution in [3.05, 3.63) is 0 Å². The molecule has 3 heterocycles. The van der Waals surface area contributed by atoms with Gasteiger partial charge in [0.15, 0.2) is 18.9 Å². The van der Waals surface area contributed by atoms with Crippen LogP contribution in [0.5, 0.6) is 0 Å². The van der Waals surface area contributed by atoms with E-state index >= 15 is 0 Å². The Morgan fingerprint density at radius 1 is 0.525 bits per heavy atom. The van der Waals surface area contributed by atoms with Gasteiger partial charge in [-0.3, -0.25) is 4.79 Å². The van der Waals surface area contributed by atoms with E-state index in [1.165, 1.54) is 38.5 Å². The number of aliphatic hydroxyl groups excluding tert-OH is 11. The summed E-state index contributed by atoms with van der Waals surface area (Å²) in [5, 5.41) is 119. The SMILES string of the molecule is CCCCCCCCCCCCC(O)C(COC1OC(CO)C(OC2OC(CO)C(OC3OC(CO)C(O)C(O)C3O)C(O)C2O)C(O)C1O)NC(=O)CCCCCCCC. The normalized spacial score (nSPS) is 35.5. The maximum Gasteiger partial charge on any atom is 0.220 e. The molecule has 19 heteroatoms. The van der Waals surface area contributed by atoms with Crippen molar-refractivity contribution in [1.29, 1.82) is 0 Å². The summed E-state index contributed by atoms with van der Waals surface area (Å²) in [5.74, 6) is -0.256. The predicted molar refractivity (Wildman–Crippen MR) is 217 cm³/mol. The first-order valence-corrected chi connectivity index (χ1v) is 22.8. The van der Waals surface area contributed by atoms with Crippen molar-refractivity contribution >= 4 is 5.91 Å². The Labute approximate surface area is 360 Å². The number of carbonyl (C=O) groups excluding carboxylic acids is 1. The summed E-state index contributed by atoms with van der Waals surface area (Å²) in [6.07, 6.45) is -8.59. The predicted octanol–water partition coefficient (Wildman–Crippen LogP) is -0.641. The van der Waals surface area contributed by atoms with E-state index in [2.05, 4.69) is 19.2 Å². The van der Waals surface area contributed by atoms with Crippen LogP contribution in [-0.2, 0) is 33.2 Å². The monoisotopic (exact) mass is 886 g/mol. The zero-order chi connectivity index (χ0) is 44.9. The maximum absolute atomic E-state index is 13.0. The Bertz CT molecular complexity index is 1160. The minimum absolute atomic E-state index is 0.256. The third kappa shape index (κ3) is 16.9. The van der Waals surface area contributed by atoms with Crippen LogP contribution >= 0.6 is 0 Å². The summed E-state index contributed by atoms with van der Waals surface area (Å²) in [7, 11) is 0. The van der Waals surface area contributed by atoms with Crippen LogP contribution in [0.3, 0.4) is 0 Å². The molecule has 0 aromatic carbocycles. The molecule has 360 valence electrons. The largest absolute Gasteiger partial charge is 0.394 e. The van der Waals surface area contributed by atoms with Crippen molar-refractivity contribution in [2.45, 2.75) is 234 Å². The highest BCUT2D eigenvalue weighted by Crippen LogP contribution is 2.33. The van der Waals surface area contributed by atoms with Gasteiger partial charge in [-0.15, -0.1) is 0 Å². The third-order valence-corrected chi connectivity index (χ3v) is 11.9. The molecule has 0 spiro atoms. The van der Waals surface area contributed by atoms with E-state index in [1.54, 1.807) is 0 Å². The van der Waals surface area contributed by atoms with Crippen LogP contribution in [-0.4, -0.2) is 193 Å². The van der Waals surface area contributed by atoms with Gasteiger partial charge in [-0.25, -0.2) is 0 Å². The van der Waals surface area contributed by atoms with Gasteiger partial charge >= 0.3 is 0 Å². The number of ether oxygens (including phenoxy) is 6. The number of carbonyl (C=O) groups is 1. The fraction of sp³-hybridized carbons (Fsp3) is 0.976. The van der Waals surface area contributed by atoms with E-state index in [-0.39, 0.29) is 18.9 Å². The van der Waals surface area contributed by atoms with Gasteiger partial charge in [0.1, 0.15) is 73.2 Å². The lowest BCUT2D eigenvalue weighted by molar-refractivity contribution is -0.379. The molecule has 0 bridgehead atoms. The summed E-state index contributed by atoms with van der Waals surface area (Å²) in [5.41, 5.74) is 0. The highest BCUT2D eigenvalue weighted by molar-refractivity contribution is 5.76. The van der Waals surface area contributed by atoms with E-state index in [1.807, 2.05) is 0 Å². The second-order valence-corrected chi connectivity index (χ2v) is 16.9. The van der Waals surface area contributed by atoms with Gasteiger partial charge in [-0.2, -0.15) is 0 Å². The molecule has 3 fully saturated rings. The summed E-state index contributed by atoms with van der Waals surface area (Å²) in [4.78, 5) is 13.0. The Hall–Kier alpha value is -1.21. The summed E-state index contributed by atoms with van der Waals surface area (Å²) < 4.78 is 34.0. The van der Waals surface area contributed by atoms with Crippen LogP contribution in [0.1, 0.15) is 129 Å². The molecule has 3 saturated heterocycles. The fourth-order valence-corrected chi connectivity index (χ4v) is 8.02. The molecule has 1 amide bonds. The highest BCUT2D eigenvalue weighted by atomic mass is 16.8. The average molecular weight is 886 g/mol. The number of hydrogen-bond acceptors (Lipinski definition) is 18. The molecule has 19 nitrogen and oxygen atoms in total. The van der Waals surface area contributed by atoms with E-state index in [0.29, 0.717) is 12.8 Å². The minimum Gasteiger partial charge on any atom is -0.394 e. The van der Waals surface area contributed by atoms with E-state index in [0.717, 1.165) is 57.8 Å². The van der Waals surface area contributed by atoms with Gasteiger partial charge in [0.25, 0.3) is 0 Å². The maximum atomic E-state index is 13.0. The number of unbranched alkanes of at least 4 members (excludes halogenated alkanes) is 14. The first-order chi connectivity index (χ1) is 29.3. The second kappa shape index (κ2) is 29.4. The van der Waals surface area contributed by atoms with E-state index < -0.39 is 124 Å². The number of aliphatic hydroxyl groups is 11. The molecule has 17 atom stereocenters. The van der Waals surface area contributed by atoms with Gasteiger partial charge in [0.2, 0.25) is 5.91 Å². The summed E-state index contributed by atoms with van der Waals surface area (Å²) in [6.45, 7) is 1.64. The highest BCUT2D eigenvalue weighted by Gasteiger charge is 2.53. The smallest absolute Gasteiger partial charge is 0.220 e. The molecular formula is C42H79NO18. The lowest BCUT2D eigenvalue weighted by atomic mass is 9.96. The van der Waals surface area contributed by atoms with Crippen molar-refractivity contribution in [1.82, 2.24) is 5.32 Å². The summed E-state index contributed by atoms with van der Waals surface area (Å²) in [6, 6.07) is -0.874. The van der Waals surface area contributed by atoms with Crippen LogP contribution in [0.2, 0.25) is 0 Å². The van der Waals surface area contributed by atoms with Gasteiger partial charge in [-0.05, 0) is 12.8 Å². The van der Waals surface area contributed by atoms with Gasteiger partial charge in [0, 0.05) is 6.42 Å². The average Bonchev–Trinajstić information content (AvgIpc) is 3.25. The molecular weight excluding hydrogens is 806 g/mol. The zero-order valence-corrected chi connectivity index (χ0v) is 36.1.